The molecule has 2 fully saturated rings. The number of hydrogen-bond donors (Lipinski definition) is 0. The third kappa shape index (κ3) is 5.79. The van der Waals surface area contributed by atoms with E-state index in [4.69, 9.17) is 25.6 Å². The first-order valence-corrected chi connectivity index (χ1v) is 12.9. The minimum absolute atomic E-state index is 0.253. The van der Waals surface area contributed by atoms with E-state index in [0.29, 0.717) is 35.9 Å². The average Bonchev–Trinajstić information content (AvgIpc) is 3.36. The first-order valence-electron chi connectivity index (χ1n) is 12.6. The molecule has 2 aliphatic rings. The number of likely N-dealkylation sites (tertiary alicyclic amines) is 1. The lowest BCUT2D eigenvalue weighted by Gasteiger charge is -2.32. The Bertz CT molecular complexity index is 1150. The fourth-order valence-electron chi connectivity index (χ4n) is 4.34. The molecule has 0 saturated carbocycles. The van der Waals surface area contributed by atoms with Gasteiger partial charge in [-0.2, -0.15) is 0 Å². The molecular weight excluding hydrogens is 493 g/mol. The van der Waals surface area contributed by atoms with Gasteiger partial charge in [0.05, 0.1) is 22.3 Å². The minimum Gasteiger partial charge on any atom is -0.444 e. The van der Waals surface area contributed by atoms with Crippen LogP contribution in [-0.2, 0) is 14.0 Å². The third-order valence-electron chi connectivity index (χ3n) is 7.05. The molecule has 2 aromatic rings. The van der Waals surface area contributed by atoms with Crippen LogP contribution in [0.2, 0.25) is 5.02 Å². The van der Waals surface area contributed by atoms with Crippen molar-refractivity contribution in [3.8, 4) is 0 Å². The Hall–Kier alpha value is -2.62. The van der Waals surface area contributed by atoms with E-state index < -0.39 is 30.0 Å². The highest BCUT2D eigenvalue weighted by Gasteiger charge is 2.51. The lowest BCUT2D eigenvalue weighted by Crippen LogP contribution is -2.44. The van der Waals surface area contributed by atoms with Crippen LogP contribution in [-0.4, -0.2) is 64.9 Å². The maximum atomic E-state index is 13.9. The molecular formula is C27H35BClN3O5. The summed E-state index contributed by atoms with van der Waals surface area (Å²) in [6.45, 7) is 14.3. The molecule has 8 nitrogen and oxygen atoms in total. The topological polar surface area (TPSA) is 81.2 Å². The fraction of sp³-hybridized carbons (Fsp3) is 0.519. The molecule has 0 aliphatic carbocycles. The van der Waals surface area contributed by atoms with Crippen LogP contribution < -0.4 is 10.4 Å². The van der Waals surface area contributed by atoms with Crippen molar-refractivity contribution >= 4 is 42.0 Å². The van der Waals surface area contributed by atoms with Crippen LogP contribution in [0.15, 0.2) is 42.6 Å². The van der Waals surface area contributed by atoms with Gasteiger partial charge in [-0.25, -0.2) is 9.78 Å². The van der Waals surface area contributed by atoms with Crippen molar-refractivity contribution in [2.45, 2.75) is 77.7 Å². The Labute approximate surface area is 224 Å². The molecule has 37 heavy (non-hydrogen) atoms. The first kappa shape index (κ1) is 27.4. The number of ether oxygens (including phenoxy) is 1. The second-order valence-electron chi connectivity index (χ2n) is 11.6. The quantitative estimate of drug-likeness (QED) is 0.537. The summed E-state index contributed by atoms with van der Waals surface area (Å²) in [6.07, 6.45) is 1.77. The lowest BCUT2D eigenvalue weighted by atomic mass is 9.79. The molecule has 2 saturated heterocycles. The molecule has 1 aromatic carbocycles. The molecule has 198 valence electrons. The Morgan fingerprint density at radius 2 is 1.73 bits per heavy atom. The Kier molecular flexibility index (Phi) is 7.36. The van der Waals surface area contributed by atoms with Gasteiger partial charge in [0, 0.05) is 24.8 Å². The molecule has 0 bridgehead atoms. The molecule has 1 aromatic heterocycles. The van der Waals surface area contributed by atoms with Crippen LogP contribution in [0, 0.1) is 0 Å². The number of rotatable bonds is 4. The lowest BCUT2D eigenvalue weighted by molar-refractivity contribution is 0.00578. The fourth-order valence-corrected chi connectivity index (χ4v) is 4.55. The van der Waals surface area contributed by atoms with E-state index in [1.807, 2.05) is 60.6 Å². The van der Waals surface area contributed by atoms with Gasteiger partial charge >= 0.3 is 13.2 Å². The number of aromatic nitrogens is 1. The first-order chi connectivity index (χ1) is 17.2. The number of hydrogen-bond acceptors (Lipinski definition) is 6. The van der Waals surface area contributed by atoms with E-state index in [1.165, 1.54) is 0 Å². The molecule has 4 rings (SSSR count). The SMILES string of the molecule is CC(C)(C)OC(=O)N1CC[C@@H](N(C(=O)c2ccc(B3OC(C)(C)C(C)(C)O3)cc2)c2ncccc2Cl)C1. The number of benzene rings is 1. The van der Waals surface area contributed by atoms with Gasteiger partial charge in [-0.3, -0.25) is 9.69 Å². The highest BCUT2D eigenvalue weighted by Crippen LogP contribution is 2.36. The standard InChI is InChI=1S/C27H35BClN3O5/c1-25(2,3)35-24(34)31-16-14-20(17-31)32(22-21(29)9-8-15-30-22)23(33)18-10-12-19(13-11-18)28-36-26(4,5)27(6,7)37-28/h8-13,15,20H,14,16-17H2,1-7H3/t20-/m1/s1. The summed E-state index contributed by atoms with van der Waals surface area (Å²) >= 11 is 6.49. The van der Waals surface area contributed by atoms with E-state index >= 15 is 0 Å². The molecule has 3 heterocycles. The van der Waals surface area contributed by atoms with Crippen LogP contribution in [0.1, 0.15) is 65.2 Å². The average molecular weight is 528 g/mol. The zero-order chi connectivity index (χ0) is 27.2. The summed E-state index contributed by atoms with van der Waals surface area (Å²) < 4.78 is 17.8. The van der Waals surface area contributed by atoms with Gasteiger partial charge in [0.15, 0.2) is 5.82 Å². The number of nitrogens with zero attached hydrogens (tertiary/aromatic N) is 3. The van der Waals surface area contributed by atoms with E-state index in [9.17, 15) is 9.59 Å². The minimum atomic E-state index is -0.603. The second kappa shape index (κ2) is 9.93. The van der Waals surface area contributed by atoms with E-state index in [1.54, 1.807) is 40.3 Å². The zero-order valence-electron chi connectivity index (χ0n) is 22.6. The molecule has 2 amide bonds. The molecule has 0 unspecified atom stereocenters. The van der Waals surface area contributed by atoms with E-state index in [2.05, 4.69) is 4.98 Å². The smallest absolute Gasteiger partial charge is 0.444 e. The molecule has 10 heteroatoms. The molecule has 2 aliphatic heterocycles. The summed E-state index contributed by atoms with van der Waals surface area (Å²) in [5, 5.41) is 0.361. The monoisotopic (exact) mass is 527 g/mol. The molecule has 0 spiro atoms. The van der Waals surface area contributed by atoms with Gasteiger partial charge in [-0.15, -0.1) is 0 Å². The summed E-state index contributed by atoms with van der Waals surface area (Å²) in [4.78, 5) is 34.1. The van der Waals surface area contributed by atoms with E-state index in [0.717, 1.165) is 5.46 Å². The van der Waals surface area contributed by atoms with Crippen molar-refractivity contribution in [3.05, 3.63) is 53.2 Å². The third-order valence-corrected chi connectivity index (χ3v) is 7.34. The van der Waals surface area contributed by atoms with Gasteiger partial charge in [0.1, 0.15) is 5.60 Å². The molecule has 0 radical (unpaired) electrons. The van der Waals surface area contributed by atoms with Crippen molar-refractivity contribution in [1.82, 2.24) is 9.88 Å². The van der Waals surface area contributed by atoms with Crippen LogP contribution in [0.4, 0.5) is 10.6 Å². The maximum absolute atomic E-state index is 13.9. The number of carbonyl (C=O) groups excluding carboxylic acids is 2. The zero-order valence-corrected chi connectivity index (χ0v) is 23.3. The van der Waals surface area contributed by atoms with Gasteiger partial charge in [-0.1, -0.05) is 23.7 Å². The van der Waals surface area contributed by atoms with Crippen LogP contribution in [0.5, 0.6) is 0 Å². The van der Waals surface area contributed by atoms with Crippen LogP contribution >= 0.6 is 11.6 Å². The summed E-state index contributed by atoms with van der Waals surface area (Å²) in [7, 11) is -0.521. The van der Waals surface area contributed by atoms with E-state index in [-0.39, 0.29) is 11.9 Å². The van der Waals surface area contributed by atoms with Crippen molar-refractivity contribution < 1.29 is 23.6 Å². The largest absolute Gasteiger partial charge is 0.494 e. The normalized spacial score (nSPS) is 20.7. The highest BCUT2D eigenvalue weighted by molar-refractivity contribution is 6.62. The van der Waals surface area contributed by atoms with Crippen molar-refractivity contribution in [2.24, 2.45) is 0 Å². The predicted molar refractivity (Wildman–Crippen MR) is 144 cm³/mol. The van der Waals surface area contributed by atoms with Crippen LogP contribution in [0.3, 0.4) is 0 Å². The van der Waals surface area contributed by atoms with Gasteiger partial charge < -0.3 is 18.9 Å². The van der Waals surface area contributed by atoms with Gasteiger partial charge in [-0.05, 0) is 84.6 Å². The predicted octanol–water partition coefficient (Wildman–Crippen LogP) is 4.69. The number of anilines is 1. The Balaban J connectivity index is 1.57. The highest BCUT2D eigenvalue weighted by atomic mass is 35.5. The molecule has 0 N–H and O–H groups in total. The number of amides is 2. The summed E-state index contributed by atoms with van der Waals surface area (Å²) in [6, 6.07) is 10.3. The number of halogens is 1. The number of carbonyl (C=O) groups is 2. The van der Waals surface area contributed by atoms with Crippen LogP contribution in [0.25, 0.3) is 0 Å². The Morgan fingerprint density at radius 1 is 1.11 bits per heavy atom. The van der Waals surface area contributed by atoms with Gasteiger partial charge in [0.25, 0.3) is 5.91 Å². The Morgan fingerprint density at radius 3 is 2.30 bits per heavy atom. The molecule has 1 atom stereocenters. The maximum Gasteiger partial charge on any atom is 0.494 e. The summed E-state index contributed by atoms with van der Waals surface area (Å²) in [5.74, 6) is 0.109. The van der Waals surface area contributed by atoms with Gasteiger partial charge in [0.2, 0.25) is 0 Å². The number of pyridine rings is 1. The van der Waals surface area contributed by atoms with Crippen molar-refractivity contribution in [2.75, 3.05) is 18.0 Å². The summed E-state index contributed by atoms with van der Waals surface area (Å²) in [5.41, 5.74) is -0.219. The second-order valence-corrected chi connectivity index (χ2v) is 12.0. The van der Waals surface area contributed by atoms with Crippen molar-refractivity contribution in [3.63, 3.8) is 0 Å². The van der Waals surface area contributed by atoms with Crippen molar-refractivity contribution in [1.29, 1.82) is 0 Å².